The van der Waals surface area contributed by atoms with Crippen molar-refractivity contribution in [2.45, 2.75) is 25.7 Å². The Balaban J connectivity index is 2.07. The molecule has 1 atom stereocenters. The second kappa shape index (κ2) is 5.04. The minimum absolute atomic E-state index is 0.384. The largest absolute Gasteiger partial charge is 0.492 e. The van der Waals surface area contributed by atoms with E-state index < -0.39 is 5.92 Å². The maximum absolute atomic E-state index is 11.1. The van der Waals surface area contributed by atoms with Crippen LogP contribution < -0.4 is 10.5 Å². The molecule has 5 heteroatoms. The molecule has 1 amide bonds. The molecule has 0 bridgehead atoms. The van der Waals surface area contributed by atoms with Gasteiger partial charge in [0, 0.05) is 4.47 Å². The first-order chi connectivity index (χ1) is 8.08. The number of nitrogens with zero attached hydrogens (tertiary/aromatic N) is 1. The normalized spacial score (nSPS) is 16.6. The number of amides is 1. The Morgan fingerprint density at radius 1 is 1.71 bits per heavy atom. The van der Waals surface area contributed by atoms with Gasteiger partial charge in [0.25, 0.3) is 0 Å². The van der Waals surface area contributed by atoms with Gasteiger partial charge in [0.15, 0.2) is 0 Å². The molecule has 92 valence electrons. The van der Waals surface area contributed by atoms with Crippen LogP contribution >= 0.6 is 15.9 Å². The number of primary amides is 1. The van der Waals surface area contributed by atoms with E-state index in [1.807, 2.05) is 6.07 Å². The van der Waals surface area contributed by atoms with Crippen LogP contribution in [0.1, 0.15) is 31.4 Å². The first-order valence-electron chi connectivity index (χ1n) is 5.65. The molecular weight excluding hydrogens is 284 g/mol. The number of halogens is 1. The van der Waals surface area contributed by atoms with Crippen LogP contribution in [0.25, 0.3) is 0 Å². The zero-order valence-electron chi connectivity index (χ0n) is 9.65. The van der Waals surface area contributed by atoms with Gasteiger partial charge in [-0.1, -0.05) is 0 Å². The number of hydrogen-bond acceptors (Lipinski definition) is 3. The monoisotopic (exact) mass is 298 g/mol. The van der Waals surface area contributed by atoms with Crippen LogP contribution in [0.4, 0.5) is 0 Å². The number of rotatable bonds is 5. The summed E-state index contributed by atoms with van der Waals surface area (Å²) < 4.78 is 6.36. The first kappa shape index (κ1) is 12.4. The zero-order chi connectivity index (χ0) is 12.4. The number of hydrogen-bond donors (Lipinski definition) is 1. The predicted molar refractivity (Wildman–Crippen MR) is 67.8 cm³/mol. The van der Waals surface area contributed by atoms with E-state index in [4.69, 9.17) is 10.5 Å². The molecule has 0 saturated heterocycles. The highest BCUT2D eigenvalue weighted by Gasteiger charge is 2.22. The first-order valence-corrected chi connectivity index (χ1v) is 6.44. The zero-order valence-corrected chi connectivity index (χ0v) is 11.2. The second-order valence-electron chi connectivity index (χ2n) is 4.42. The number of carbonyl (C=O) groups excluding carboxylic acids is 1. The van der Waals surface area contributed by atoms with Gasteiger partial charge in [0.05, 0.1) is 24.4 Å². The Hall–Kier alpha value is -1.10. The van der Waals surface area contributed by atoms with Gasteiger partial charge < -0.3 is 10.5 Å². The molecule has 1 unspecified atom stereocenters. The average molecular weight is 299 g/mol. The number of ether oxygens (including phenoxy) is 1. The highest BCUT2D eigenvalue weighted by molar-refractivity contribution is 9.10. The van der Waals surface area contributed by atoms with Crippen LogP contribution in [0.2, 0.25) is 0 Å². The lowest BCUT2D eigenvalue weighted by Crippen LogP contribution is -2.20. The molecule has 1 heterocycles. The van der Waals surface area contributed by atoms with Crippen molar-refractivity contribution in [1.29, 1.82) is 0 Å². The second-order valence-corrected chi connectivity index (χ2v) is 5.27. The summed E-state index contributed by atoms with van der Waals surface area (Å²) in [7, 11) is 0. The molecule has 1 aromatic rings. The topological polar surface area (TPSA) is 65.2 Å². The quantitative estimate of drug-likeness (QED) is 0.906. The van der Waals surface area contributed by atoms with E-state index in [9.17, 15) is 4.79 Å². The van der Waals surface area contributed by atoms with Crippen LogP contribution in [0, 0.1) is 5.92 Å². The summed E-state index contributed by atoms with van der Waals surface area (Å²) >= 11 is 3.39. The minimum atomic E-state index is -0.401. The molecule has 1 aromatic heterocycles. The Morgan fingerprint density at radius 3 is 2.94 bits per heavy atom. The number of nitrogens with two attached hydrogens (primary N) is 1. The SMILES string of the molecule is CC(C(N)=O)c1ncc(OCC2CC2)cc1Br. The van der Waals surface area contributed by atoms with E-state index in [1.165, 1.54) is 12.8 Å². The van der Waals surface area contributed by atoms with Crippen LogP contribution in [0.3, 0.4) is 0 Å². The lowest BCUT2D eigenvalue weighted by atomic mass is 10.1. The van der Waals surface area contributed by atoms with Crippen molar-refractivity contribution in [2.75, 3.05) is 6.61 Å². The molecule has 0 aromatic carbocycles. The van der Waals surface area contributed by atoms with Crippen LogP contribution in [-0.2, 0) is 4.79 Å². The number of pyridine rings is 1. The Morgan fingerprint density at radius 2 is 2.41 bits per heavy atom. The van der Waals surface area contributed by atoms with Gasteiger partial charge in [-0.15, -0.1) is 0 Å². The van der Waals surface area contributed by atoms with Crippen LogP contribution in [0.15, 0.2) is 16.7 Å². The van der Waals surface area contributed by atoms with Gasteiger partial charge in [-0.25, -0.2) is 0 Å². The highest BCUT2D eigenvalue weighted by atomic mass is 79.9. The molecule has 1 aliphatic rings. The van der Waals surface area contributed by atoms with Crippen LogP contribution in [-0.4, -0.2) is 17.5 Å². The molecule has 0 aliphatic heterocycles. The molecule has 1 aliphatic carbocycles. The number of carbonyl (C=O) groups is 1. The van der Waals surface area contributed by atoms with E-state index in [2.05, 4.69) is 20.9 Å². The molecule has 1 fully saturated rings. The Kier molecular flexibility index (Phi) is 3.66. The summed E-state index contributed by atoms with van der Waals surface area (Å²) in [6.45, 7) is 2.49. The maximum Gasteiger partial charge on any atom is 0.226 e. The molecule has 2 rings (SSSR count). The third kappa shape index (κ3) is 3.19. The van der Waals surface area contributed by atoms with Crippen molar-refractivity contribution < 1.29 is 9.53 Å². The highest BCUT2D eigenvalue weighted by Crippen LogP contribution is 2.31. The summed E-state index contributed by atoms with van der Waals surface area (Å²) in [5.41, 5.74) is 5.90. The van der Waals surface area contributed by atoms with Gasteiger partial charge in [0.1, 0.15) is 5.75 Å². The van der Waals surface area contributed by atoms with E-state index in [0.29, 0.717) is 11.6 Å². The molecule has 1 saturated carbocycles. The molecule has 17 heavy (non-hydrogen) atoms. The third-order valence-corrected chi connectivity index (χ3v) is 3.50. The fourth-order valence-electron chi connectivity index (χ4n) is 1.46. The molecule has 0 radical (unpaired) electrons. The van der Waals surface area contributed by atoms with Gasteiger partial charge in [-0.3, -0.25) is 9.78 Å². The summed E-state index contributed by atoms with van der Waals surface area (Å²) in [5, 5.41) is 0. The summed E-state index contributed by atoms with van der Waals surface area (Å²) in [4.78, 5) is 15.3. The van der Waals surface area contributed by atoms with Crippen molar-refractivity contribution in [3.8, 4) is 5.75 Å². The van der Waals surface area contributed by atoms with Crippen LogP contribution in [0.5, 0.6) is 5.75 Å². The van der Waals surface area contributed by atoms with Crippen molar-refractivity contribution in [3.05, 3.63) is 22.4 Å². The third-order valence-electron chi connectivity index (χ3n) is 2.86. The van der Waals surface area contributed by atoms with Gasteiger partial charge >= 0.3 is 0 Å². The van der Waals surface area contributed by atoms with E-state index in [1.54, 1.807) is 13.1 Å². The summed E-state index contributed by atoms with van der Waals surface area (Å²) in [5.74, 6) is 0.647. The lowest BCUT2D eigenvalue weighted by Gasteiger charge is -2.11. The van der Waals surface area contributed by atoms with E-state index in [-0.39, 0.29) is 5.91 Å². The van der Waals surface area contributed by atoms with Crippen molar-refractivity contribution in [3.63, 3.8) is 0 Å². The summed E-state index contributed by atoms with van der Waals surface area (Å²) in [6.07, 6.45) is 4.15. The van der Waals surface area contributed by atoms with Crippen molar-refractivity contribution in [1.82, 2.24) is 4.98 Å². The Bertz CT molecular complexity index is 433. The van der Waals surface area contributed by atoms with Gasteiger partial charge in [-0.05, 0) is 47.7 Å². The van der Waals surface area contributed by atoms with Crippen molar-refractivity contribution >= 4 is 21.8 Å². The Labute approximate surface area is 109 Å². The fourth-order valence-corrected chi connectivity index (χ4v) is 2.13. The summed E-state index contributed by atoms with van der Waals surface area (Å²) in [6, 6.07) is 1.84. The smallest absolute Gasteiger partial charge is 0.226 e. The lowest BCUT2D eigenvalue weighted by molar-refractivity contribution is -0.119. The molecule has 0 spiro atoms. The maximum atomic E-state index is 11.1. The molecule has 2 N–H and O–H groups in total. The number of aromatic nitrogens is 1. The molecule has 4 nitrogen and oxygen atoms in total. The van der Waals surface area contributed by atoms with Gasteiger partial charge in [0.2, 0.25) is 5.91 Å². The van der Waals surface area contributed by atoms with Crippen molar-refractivity contribution in [2.24, 2.45) is 11.7 Å². The van der Waals surface area contributed by atoms with E-state index >= 15 is 0 Å². The minimum Gasteiger partial charge on any atom is -0.492 e. The molecular formula is C12H15BrN2O2. The van der Waals surface area contributed by atoms with E-state index in [0.717, 1.165) is 16.8 Å². The van der Waals surface area contributed by atoms with Gasteiger partial charge in [-0.2, -0.15) is 0 Å². The fraction of sp³-hybridized carbons (Fsp3) is 0.500. The predicted octanol–water partition coefficient (Wildman–Crippen LogP) is 2.22. The average Bonchev–Trinajstić information content (AvgIpc) is 3.09. The standard InChI is InChI=1S/C12H15BrN2O2/c1-7(12(14)16)11-10(13)4-9(5-15-11)17-6-8-2-3-8/h4-5,7-8H,2-3,6H2,1H3,(H2,14,16).